The predicted octanol–water partition coefficient (Wildman–Crippen LogP) is 3.15. The van der Waals surface area contributed by atoms with Crippen molar-refractivity contribution in [1.82, 2.24) is 20.3 Å². The topological polar surface area (TPSA) is 61.6 Å². The summed E-state index contributed by atoms with van der Waals surface area (Å²) in [6, 6.07) is 12.6. The fourth-order valence-electron chi connectivity index (χ4n) is 4.67. The molecule has 1 amide bonds. The van der Waals surface area contributed by atoms with Crippen LogP contribution in [0.1, 0.15) is 48.7 Å². The number of piperazine rings is 1. The smallest absolute Gasteiger partial charge is 0.234 e. The van der Waals surface area contributed by atoms with Crippen LogP contribution >= 0.6 is 0 Å². The van der Waals surface area contributed by atoms with Gasteiger partial charge in [0.05, 0.1) is 18.3 Å². The van der Waals surface area contributed by atoms with Crippen molar-refractivity contribution in [2.24, 2.45) is 5.92 Å². The maximum Gasteiger partial charge on any atom is 0.234 e. The summed E-state index contributed by atoms with van der Waals surface area (Å²) < 4.78 is 5.16. The van der Waals surface area contributed by atoms with Crippen molar-refractivity contribution in [3.8, 4) is 0 Å². The first kappa shape index (κ1) is 20.1. The number of hydrogen-bond donors (Lipinski definition) is 1. The van der Waals surface area contributed by atoms with Gasteiger partial charge in [-0.25, -0.2) is 0 Å². The summed E-state index contributed by atoms with van der Waals surface area (Å²) in [7, 11) is 0. The summed E-state index contributed by atoms with van der Waals surface area (Å²) in [5.41, 5.74) is 2.22. The third kappa shape index (κ3) is 5.46. The molecule has 2 fully saturated rings. The van der Waals surface area contributed by atoms with E-state index in [-0.39, 0.29) is 11.9 Å². The number of hydrogen-bond acceptors (Lipinski definition) is 5. The Hall–Kier alpha value is -2.18. The number of nitrogens with one attached hydrogen (secondary N) is 1. The van der Waals surface area contributed by atoms with Crippen LogP contribution in [0, 0.1) is 12.8 Å². The van der Waals surface area contributed by atoms with E-state index in [1.54, 1.807) is 0 Å². The molecule has 2 aromatic rings. The zero-order chi connectivity index (χ0) is 20.1. The number of aromatic nitrogens is 1. The highest BCUT2D eigenvalue weighted by Gasteiger charge is 2.28. The normalized spacial score (nSPS) is 20.0. The number of aryl methyl sites for hydroxylation is 1. The second-order valence-electron chi connectivity index (χ2n) is 8.48. The highest BCUT2D eigenvalue weighted by atomic mass is 16.5. The minimum absolute atomic E-state index is 0.142. The minimum atomic E-state index is 0.142. The van der Waals surface area contributed by atoms with Gasteiger partial charge in [-0.15, -0.1) is 0 Å². The molecule has 1 unspecified atom stereocenters. The van der Waals surface area contributed by atoms with Gasteiger partial charge in [0, 0.05) is 38.8 Å². The van der Waals surface area contributed by atoms with Crippen molar-refractivity contribution in [1.29, 1.82) is 0 Å². The van der Waals surface area contributed by atoms with Gasteiger partial charge in [0.2, 0.25) is 5.91 Å². The largest absolute Gasteiger partial charge is 0.361 e. The van der Waals surface area contributed by atoms with E-state index in [1.807, 2.05) is 19.1 Å². The van der Waals surface area contributed by atoms with Crippen molar-refractivity contribution >= 4 is 5.91 Å². The number of benzene rings is 1. The molecule has 1 atom stereocenters. The average Bonchev–Trinajstić information content (AvgIpc) is 3.40. The molecule has 1 saturated heterocycles. The Kier molecular flexibility index (Phi) is 6.62. The quantitative estimate of drug-likeness (QED) is 0.779. The Morgan fingerprint density at radius 2 is 1.83 bits per heavy atom. The summed E-state index contributed by atoms with van der Waals surface area (Å²) in [4.78, 5) is 17.5. The van der Waals surface area contributed by atoms with Crippen LogP contribution in [0.2, 0.25) is 0 Å². The van der Waals surface area contributed by atoms with Gasteiger partial charge >= 0.3 is 0 Å². The Morgan fingerprint density at radius 1 is 1.14 bits per heavy atom. The molecule has 6 nitrogen and oxygen atoms in total. The molecule has 156 valence electrons. The molecule has 0 radical (unpaired) electrons. The van der Waals surface area contributed by atoms with Crippen LogP contribution < -0.4 is 5.32 Å². The lowest BCUT2D eigenvalue weighted by Crippen LogP contribution is -2.49. The molecule has 0 bridgehead atoms. The number of carbonyl (C=O) groups is 1. The third-order valence-corrected chi connectivity index (χ3v) is 6.24. The summed E-state index contributed by atoms with van der Waals surface area (Å²) in [5, 5.41) is 7.44. The van der Waals surface area contributed by atoms with Gasteiger partial charge in [-0.05, 0) is 31.2 Å². The molecule has 0 spiro atoms. The number of nitrogens with zero attached hydrogens (tertiary/aromatic N) is 3. The molecule has 2 aliphatic rings. The third-order valence-electron chi connectivity index (χ3n) is 6.24. The highest BCUT2D eigenvalue weighted by molar-refractivity contribution is 5.78. The number of rotatable bonds is 7. The van der Waals surface area contributed by atoms with E-state index in [0.717, 1.165) is 44.2 Å². The van der Waals surface area contributed by atoms with Crippen molar-refractivity contribution in [2.75, 3.05) is 32.7 Å². The summed E-state index contributed by atoms with van der Waals surface area (Å²) in [6.45, 7) is 6.92. The maximum atomic E-state index is 12.8. The van der Waals surface area contributed by atoms with Crippen LogP contribution in [0.4, 0.5) is 0 Å². The molecule has 1 saturated carbocycles. The lowest BCUT2D eigenvalue weighted by Gasteiger charge is -2.34. The van der Waals surface area contributed by atoms with E-state index in [9.17, 15) is 4.79 Å². The van der Waals surface area contributed by atoms with Crippen LogP contribution in [-0.2, 0) is 11.3 Å². The van der Waals surface area contributed by atoms with E-state index >= 15 is 0 Å². The first-order valence-electron chi connectivity index (χ1n) is 10.9. The molecule has 1 aromatic heterocycles. The van der Waals surface area contributed by atoms with Crippen molar-refractivity contribution in [3.05, 3.63) is 53.4 Å². The molecule has 1 aliphatic heterocycles. The standard InChI is InChI=1S/C23H32N4O2/c1-18-15-21(25-29-18)16-26-11-13-27(14-12-26)17-22(28)24-23(20-9-5-6-10-20)19-7-3-2-4-8-19/h2-4,7-8,15,20,23H,5-6,9-14,16-17H2,1H3,(H,24,28). The van der Waals surface area contributed by atoms with Crippen molar-refractivity contribution < 1.29 is 9.32 Å². The highest BCUT2D eigenvalue weighted by Crippen LogP contribution is 2.35. The fourth-order valence-corrected chi connectivity index (χ4v) is 4.67. The Labute approximate surface area is 173 Å². The molecule has 4 rings (SSSR count). The second-order valence-corrected chi connectivity index (χ2v) is 8.48. The van der Waals surface area contributed by atoms with Gasteiger partial charge in [-0.3, -0.25) is 14.6 Å². The van der Waals surface area contributed by atoms with Crippen molar-refractivity contribution in [2.45, 2.75) is 45.2 Å². The zero-order valence-corrected chi connectivity index (χ0v) is 17.3. The Bertz CT molecular complexity index is 777. The average molecular weight is 397 g/mol. The van der Waals surface area contributed by atoms with Crippen LogP contribution in [0.3, 0.4) is 0 Å². The van der Waals surface area contributed by atoms with Crippen LogP contribution in [0.15, 0.2) is 40.9 Å². The predicted molar refractivity (Wildman–Crippen MR) is 112 cm³/mol. The molecule has 1 aromatic carbocycles. The summed E-state index contributed by atoms with van der Waals surface area (Å²) >= 11 is 0. The fraction of sp³-hybridized carbons (Fsp3) is 0.565. The Morgan fingerprint density at radius 3 is 2.48 bits per heavy atom. The molecular weight excluding hydrogens is 364 g/mol. The lowest BCUT2D eigenvalue weighted by atomic mass is 9.91. The van der Waals surface area contributed by atoms with E-state index in [2.05, 4.69) is 44.5 Å². The second kappa shape index (κ2) is 9.55. The summed E-state index contributed by atoms with van der Waals surface area (Å²) in [6.07, 6.45) is 4.97. The van der Waals surface area contributed by atoms with E-state index in [4.69, 9.17) is 4.52 Å². The van der Waals surface area contributed by atoms with Gasteiger partial charge in [-0.2, -0.15) is 0 Å². The van der Waals surface area contributed by atoms with E-state index in [0.29, 0.717) is 12.5 Å². The lowest BCUT2D eigenvalue weighted by molar-refractivity contribution is -0.123. The zero-order valence-electron chi connectivity index (χ0n) is 17.3. The number of carbonyl (C=O) groups excluding carboxylic acids is 1. The van der Waals surface area contributed by atoms with E-state index < -0.39 is 0 Å². The SMILES string of the molecule is Cc1cc(CN2CCN(CC(=O)NC(c3ccccc3)C3CCCC3)CC2)no1. The van der Waals surface area contributed by atoms with Gasteiger partial charge in [0.15, 0.2) is 0 Å². The maximum absolute atomic E-state index is 12.8. The van der Waals surface area contributed by atoms with Gasteiger partial charge in [0.1, 0.15) is 5.76 Å². The molecule has 29 heavy (non-hydrogen) atoms. The van der Waals surface area contributed by atoms with Crippen LogP contribution in [0.5, 0.6) is 0 Å². The Balaban J connectivity index is 1.27. The van der Waals surface area contributed by atoms with Crippen molar-refractivity contribution in [3.63, 3.8) is 0 Å². The van der Waals surface area contributed by atoms with Crippen LogP contribution in [-0.4, -0.2) is 53.6 Å². The molecule has 6 heteroatoms. The monoisotopic (exact) mass is 396 g/mol. The first-order valence-corrected chi connectivity index (χ1v) is 10.9. The molecule has 1 N–H and O–H groups in total. The molecular formula is C23H32N4O2. The first-order chi connectivity index (χ1) is 14.2. The van der Waals surface area contributed by atoms with Gasteiger partial charge < -0.3 is 9.84 Å². The minimum Gasteiger partial charge on any atom is -0.361 e. The van der Waals surface area contributed by atoms with Gasteiger partial charge in [0.25, 0.3) is 0 Å². The molecule has 1 aliphatic carbocycles. The number of amides is 1. The van der Waals surface area contributed by atoms with Gasteiger partial charge in [-0.1, -0.05) is 48.3 Å². The molecule has 2 heterocycles. The summed E-state index contributed by atoms with van der Waals surface area (Å²) in [5.74, 6) is 1.56. The van der Waals surface area contributed by atoms with E-state index in [1.165, 1.54) is 31.2 Å². The van der Waals surface area contributed by atoms with Crippen LogP contribution in [0.25, 0.3) is 0 Å².